The number of hydrogen-bond donors (Lipinski definition) is 1. The van der Waals surface area contributed by atoms with Gasteiger partial charge in [0.25, 0.3) is 0 Å². The van der Waals surface area contributed by atoms with Crippen LogP contribution in [0.3, 0.4) is 0 Å². The molecule has 0 saturated carbocycles. The van der Waals surface area contributed by atoms with Crippen LogP contribution in [-0.4, -0.2) is 87.4 Å². The van der Waals surface area contributed by atoms with Gasteiger partial charge in [-0.25, -0.2) is 8.78 Å². The van der Waals surface area contributed by atoms with E-state index in [9.17, 15) is 28.0 Å². The molecular formula is C49H66F2N2O7. The van der Waals surface area contributed by atoms with Gasteiger partial charge in [-0.2, -0.15) is 0 Å². The molecule has 1 fully saturated rings. The van der Waals surface area contributed by atoms with Crippen LogP contribution in [-0.2, 0) is 35.0 Å². The van der Waals surface area contributed by atoms with Crippen molar-refractivity contribution in [1.82, 2.24) is 4.90 Å². The Morgan fingerprint density at radius 1 is 0.717 bits per heavy atom. The molecule has 4 rings (SSSR count). The summed E-state index contributed by atoms with van der Waals surface area (Å²) in [4.78, 5) is 49.2. The van der Waals surface area contributed by atoms with Gasteiger partial charge in [0.1, 0.15) is 23.2 Å². The van der Waals surface area contributed by atoms with Gasteiger partial charge in [-0.1, -0.05) is 76.6 Å². The smallest absolute Gasteiger partial charge is 0.226 e. The maximum absolute atomic E-state index is 13.6. The number of halogens is 2. The van der Waals surface area contributed by atoms with Crippen molar-refractivity contribution in [2.24, 2.45) is 11.8 Å². The van der Waals surface area contributed by atoms with E-state index in [1.54, 1.807) is 31.2 Å². The fourth-order valence-corrected chi connectivity index (χ4v) is 6.74. The molecule has 3 aromatic carbocycles. The average Bonchev–Trinajstić information content (AvgIpc) is 3.25. The van der Waals surface area contributed by atoms with Crippen LogP contribution in [0.2, 0.25) is 0 Å². The highest BCUT2D eigenvalue weighted by Gasteiger charge is 2.21. The van der Waals surface area contributed by atoms with Crippen LogP contribution in [0.5, 0.6) is 0 Å². The largest absolute Gasteiger partial charge is 0.379 e. The van der Waals surface area contributed by atoms with E-state index in [0.29, 0.717) is 70.0 Å². The van der Waals surface area contributed by atoms with Gasteiger partial charge in [0.2, 0.25) is 5.91 Å². The van der Waals surface area contributed by atoms with Gasteiger partial charge in [0, 0.05) is 55.6 Å². The number of likely N-dealkylation sites (tertiary alicyclic amines) is 1. The number of nitrogens with zero attached hydrogens (tertiary/aromatic N) is 1. The van der Waals surface area contributed by atoms with Crippen molar-refractivity contribution in [3.63, 3.8) is 0 Å². The molecule has 1 saturated heterocycles. The van der Waals surface area contributed by atoms with Crippen molar-refractivity contribution in [3.8, 4) is 0 Å². The molecule has 60 heavy (non-hydrogen) atoms. The molecule has 328 valence electrons. The van der Waals surface area contributed by atoms with E-state index in [0.717, 1.165) is 61.2 Å². The lowest BCUT2D eigenvalue weighted by Gasteiger charge is -2.30. The Bertz CT molecular complexity index is 1770. The second kappa shape index (κ2) is 27.4. The highest BCUT2D eigenvalue weighted by atomic mass is 19.1. The van der Waals surface area contributed by atoms with Gasteiger partial charge in [-0.15, -0.1) is 0 Å². The third kappa shape index (κ3) is 17.3. The van der Waals surface area contributed by atoms with Crippen LogP contribution in [0.1, 0.15) is 114 Å². The maximum atomic E-state index is 13.6. The van der Waals surface area contributed by atoms with Crippen LogP contribution in [0.4, 0.5) is 14.5 Å². The van der Waals surface area contributed by atoms with Crippen LogP contribution in [0.15, 0.2) is 72.3 Å². The predicted octanol–water partition coefficient (Wildman–Crippen LogP) is 9.70. The van der Waals surface area contributed by atoms with E-state index in [-0.39, 0.29) is 59.8 Å². The molecule has 9 nitrogen and oxygen atoms in total. The lowest BCUT2D eigenvalue weighted by Crippen LogP contribution is -2.34. The van der Waals surface area contributed by atoms with Crippen LogP contribution in [0, 0.1) is 23.5 Å². The quantitative estimate of drug-likeness (QED) is 0.0702. The van der Waals surface area contributed by atoms with Crippen molar-refractivity contribution in [1.29, 1.82) is 0 Å². The second-order valence-electron chi connectivity index (χ2n) is 15.3. The molecule has 1 amide bonds. The van der Waals surface area contributed by atoms with Crippen molar-refractivity contribution in [2.45, 2.75) is 92.9 Å². The number of ketones is 3. The Hall–Kier alpha value is -4.42. The molecule has 0 spiro atoms. The summed E-state index contributed by atoms with van der Waals surface area (Å²) in [6.07, 6.45) is 5.25. The number of Topliss-reactive ketones (excluding diaryl/α,β-unsaturated/α-hetero) is 3. The first-order valence-electron chi connectivity index (χ1n) is 21.6. The van der Waals surface area contributed by atoms with Crippen LogP contribution >= 0.6 is 0 Å². The zero-order valence-electron chi connectivity index (χ0n) is 36.6. The summed E-state index contributed by atoms with van der Waals surface area (Å²) in [6, 6.07) is 18.5. The summed E-state index contributed by atoms with van der Waals surface area (Å²) in [5.41, 5.74) is 6.47. The molecular weight excluding hydrogens is 767 g/mol. The third-order valence-electron chi connectivity index (χ3n) is 10.9. The standard InChI is InChI=1S/C40H50F2N2O5.C9H16O2/c1-4-29(3)40(46)36-7-6-8-37(35(36)5-2)43-38(45)19-23-47-25-27-49-28-26-48-24-22-44-20-17-32(18-21-44)39(30-9-13-33(41)14-10-30)31-11-15-34(42)16-12-31;1-4-9(11)6-5-7(2)8(3)10/h6-16,29H,4-5,17-28H2,1-3H3,(H,43,45);7H,4-6H2,1-3H3. The fraction of sp³-hybridized carbons (Fsp3) is 0.510. The first-order chi connectivity index (χ1) is 28.9. The number of benzene rings is 3. The van der Waals surface area contributed by atoms with Gasteiger partial charge in [-0.05, 0) is 91.6 Å². The Balaban J connectivity index is 0.000000764. The molecule has 1 N–H and O–H groups in total. The van der Waals surface area contributed by atoms with Gasteiger partial charge in [-0.3, -0.25) is 19.2 Å². The molecule has 1 heterocycles. The van der Waals surface area contributed by atoms with Gasteiger partial charge in [0.15, 0.2) is 5.78 Å². The topological polar surface area (TPSA) is 111 Å². The molecule has 1 aliphatic heterocycles. The Kier molecular flexibility index (Phi) is 22.8. The Morgan fingerprint density at radius 2 is 1.27 bits per heavy atom. The Labute approximate surface area is 356 Å². The van der Waals surface area contributed by atoms with Crippen molar-refractivity contribution in [3.05, 3.63) is 106 Å². The van der Waals surface area contributed by atoms with Gasteiger partial charge >= 0.3 is 0 Å². The average molecular weight is 833 g/mol. The first kappa shape index (κ1) is 49.9. The van der Waals surface area contributed by atoms with Crippen molar-refractivity contribution < 1.29 is 42.2 Å². The molecule has 0 bridgehead atoms. The minimum atomic E-state index is -0.278. The molecule has 0 radical (unpaired) electrons. The second-order valence-corrected chi connectivity index (χ2v) is 15.3. The Morgan fingerprint density at radius 3 is 1.78 bits per heavy atom. The first-order valence-corrected chi connectivity index (χ1v) is 21.6. The van der Waals surface area contributed by atoms with Crippen molar-refractivity contribution >= 4 is 34.5 Å². The molecule has 3 aromatic rings. The predicted molar refractivity (Wildman–Crippen MR) is 234 cm³/mol. The summed E-state index contributed by atoms with van der Waals surface area (Å²) >= 11 is 0. The van der Waals surface area contributed by atoms with E-state index in [4.69, 9.17) is 14.2 Å². The number of carbonyl (C=O) groups excluding carboxylic acids is 4. The van der Waals surface area contributed by atoms with E-state index in [2.05, 4.69) is 10.2 Å². The molecule has 0 aliphatic carbocycles. The molecule has 1 aliphatic rings. The fourth-order valence-electron chi connectivity index (χ4n) is 6.74. The molecule has 11 heteroatoms. The number of hydrogen-bond acceptors (Lipinski definition) is 8. The zero-order chi connectivity index (χ0) is 43.9. The van der Waals surface area contributed by atoms with Crippen molar-refractivity contribution in [2.75, 3.05) is 64.6 Å². The number of nitrogens with one attached hydrogen (secondary N) is 1. The summed E-state index contributed by atoms with van der Waals surface area (Å²) in [7, 11) is 0. The minimum Gasteiger partial charge on any atom is -0.379 e. The monoisotopic (exact) mass is 832 g/mol. The summed E-state index contributed by atoms with van der Waals surface area (Å²) in [5.74, 6) is -0.190. The number of anilines is 1. The van der Waals surface area contributed by atoms with Gasteiger partial charge < -0.3 is 24.4 Å². The highest BCUT2D eigenvalue weighted by molar-refractivity contribution is 6.01. The van der Waals surface area contributed by atoms with Gasteiger partial charge in [0.05, 0.1) is 46.1 Å². The number of carbonyl (C=O) groups is 4. The molecule has 2 unspecified atom stereocenters. The van der Waals surface area contributed by atoms with E-state index in [1.807, 2.05) is 52.8 Å². The normalized spacial score (nSPS) is 13.8. The maximum Gasteiger partial charge on any atom is 0.226 e. The summed E-state index contributed by atoms with van der Waals surface area (Å²) in [5, 5.41) is 2.94. The SMILES string of the molecule is CCC(=O)CCC(C)C(C)=O.CCc1c(NC(=O)CCOCCOCCOCCN2CCC(=C(c3ccc(F)cc3)c3ccc(F)cc3)CC2)cccc1C(=O)C(C)CC. The van der Waals surface area contributed by atoms with Crippen LogP contribution < -0.4 is 5.32 Å². The number of ether oxygens (including phenoxy) is 3. The lowest BCUT2D eigenvalue weighted by atomic mass is 9.88. The van der Waals surface area contributed by atoms with E-state index < -0.39 is 0 Å². The summed E-state index contributed by atoms with van der Waals surface area (Å²) in [6.45, 7) is 16.4. The number of piperidine rings is 1. The lowest BCUT2D eigenvalue weighted by molar-refractivity contribution is -0.121. The molecule has 2 atom stereocenters. The van der Waals surface area contributed by atoms with E-state index in [1.165, 1.54) is 29.8 Å². The summed E-state index contributed by atoms with van der Waals surface area (Å²) < 4.78 is 44.2. The number of amides is 1. The minimum absolute atomic E-state index is 0.0468. The van der Waals surface area contributed by atoms with E-state index >= 15 is 0 Å². The van der Waals surface area contributed by atoms with Crippen LogP contribution in [0.25, 0.3) is 5.57 Å². The zero-order valence-corrected chi connectivity index (χ0v) is 36.6. The third-order valence-corrected chi connectivity index (χ3v) is 10.9. The molecule has 0 aromatic heterocycles. The highest BCUT2D eigenvalue weighted by Crippen LogP contribution is 2.33. The number of rotatable bonds is 24.